The number of hydrogen-bond donors (Lipinski definition) is 0. The van der Waals surface area contributed by atoms with Gasteiger partial charge in [-0.1, -0.05) is 32.1 Å². The monoisotopic (exact) mass is 312 g/mol. The minimum absolute atomic E-state index is 0.391. The predicted octanol–water partition coefficient (Wildman–Crippen LogP) is 4.17. The van der Waals surface area contributed by atoms with Crippen LogP contribution in [0.1, 0.15) is 72.6 Å². The third-order valence-electron chi connectivity index (χ3n) is 4.71. The molecule has 0 aromatic rings. The fraction of sp³-hybridized carbons (Fsp3) is 1.00. The molecule has 0 atom stereocenters. The molecule has 0 spiro atoms. The van der Waals surface area contributed by atoms with Crippen molar-refractivity contribution in [2.75, 3.05) is 39.3 Å². The maximum atomic E-state index is 5.57. The Kier molecular flexibility index (Phi) is 11.2. The number of nitrogens with zero attached hydrogens (tertiary/aromatic N) is 2. The second kappa shape index (κ2) is 12.3. The van der Waals surface area contributed by atoms with E-state index in [0.717, 1.165) is 6.61 Å². The molecule has 3 heteroatoms. The van der Waals surface area contributed by atoms with Crippen molar-refractivity contribution in [3.8, 4) is 0 Å². The first-order valence-corrected chi connectivity index (χ1v) is 9.67. The van der Waals surface area contributed by atoms with Gasteiger partial charge in [0.15, 0.2) is 0 Å². The minimum Gasteiger partial charge on any atom is -0.379 e. The highest BCUT2D eigenvalue weighted by Crippen LogP contribution is 2.10. The fourth-order valence-electron chi connectivity index (χ4n) is 3.14. The van der Waals surface area contributed by atoms with E-state index >= 15 is 0 Å². The molecule has 1 aliphatic rings. The van der Waals surface area contributed by atoms with Crippen molar-refractivity contribution < 1.29 is 4.74 Å². The van der Waals surface area contributed by atoms with Gasteiger partial charge >= 0.3 is 0 Å². The topological polar surface area (TPSA) is 15.7 Å². The van der Waals surface area contributed by atoms with Crippen molar-refractivity contribution in [2.24, 2.45) is 0 Å². The van der Waals surface area contributed by atoms with E-state index in [2.05, 4.69) is 37.5 Å². The average Bonchev–Trinajstić information content (AvgIpc) is 2.49. The van der Waals surface area contributed by atoms with Gasteiger partial charge in [0, 0.05) is 38.8 Å². The molecular formula is C19H40N2O. The average molecular weight is 313 g/mol. The summed E-state index contributed by atoms with van der Waals surface area (Å²) in [5, 5.41) is 0. The molecule has 0 bridgehead atoms. The lowest BCUT2D eigenvalue weighted by Crippen LogP contribution is -2.48. The van der Waals surface area contributed by atoms with Crippen molar-refractivity contribution in [3.05, 3.63) is 0 Å². The molecule has 1 saturated heterocycles. The van der Waals surface area contributed by atoms with Crippen LogP contribution in [0.5, 0.6) is 0 Å². The molecule has 3 nitrogen and oxygen atoms in total. The summed E-state index contributed by atoms with van der Waals surface area (Å²) in [5.74, 6) is 0. The molecule has 0 amide bonds. The summed E-state index contributed by atoms with van der Waals surface area (Å²) in [6.07, 6.45) is 9.96. The van der Waals surface area contributed by atoms with Gasteiger partial charge in [0.05, 0.1) is 6.10 Å². The highest BCUT2D eigenvalue weighted by Gasteiger charge is 2.17. The van der Waals surface area contributed by atoms with E-state index in [1.54, 1.807) is 0 Å². The van der Waals surface area contributed by atoms with E-state index in [0.29, 0.717) is 12.1 Å². The highest BCUT2D eigenvalue weighted by molar-refractivity contribution is 4.74. The van der Waals surface area contributed by atoms with Gasteiger partial charge < -0.3 is 9.64 Å². The third-order valence-corrected chi connectivity index (χ3v) is 4.71. The Hall–Kier alpha value is -0.120. The fourth-order valence-corrected chi connectivity index (χ4v) is 3.14. The van der Waals surface area contributed by atoms with E-state index in [1.165, 1.54) is 77.7 Å². The summed E-state index contributed by atoms with van der Waals surface area (Å²) in [6, 6.07) is 0.716. The van der Waals surface area contributed by atoms with E-state index in [-0.39, 0.29) is 0 Å². The number of unbranched alkanes of at least 4 members (excludes halogenated alkanes) is 6. The summed E-state index contributed by atoms with van der Waals surface area (Å²) in [6.45, 7) is 16.2. The zero-order valence-electron chi connectivity index (χ0n) is 15.6. The van der Waals surface area contributed by atoms with E-state index in [4.69, 9.17) is 4.74 Å². The van der Waals surface area contributed by atoms with Gasteiger partial charge in [-0.05, 0) is 47.1 Å². The lowest BCUT2D eigenvalue weighted by Gasteiger charge is -2.36. The summed E-state index contributed by atoms with van der Waals surface area (Å²) < 4.78 is 5.57. The zero-order chi connectivity index (χ0) is 16.2. The lowest BCUT2D eigenvalue weighted by atomic mass is 10.1. The SMILES string of the molecule is CC(C)OCCCCCCCCCN1CCN(C(C)C)CC1. The van der Waals surface area contributed by atoms with Crippen LogP contribution in [-0.2, 0) is 4.74 Å². The Balaban J connectivity index is 1.82. The second-order valence-corrected chi connectivity index (χ2v) is 7.37. The van der Waals surface area contributed by atoms with E-state index in [1.807, 2.05) is 0 Å². The summed E-state index contributed by atoms with van der Waals surface area (Å²) in [7, 11) is 0. The van der Waals surface area contributed by atoms with Crippen LogP contribution in [-0.4, -0.2) is 61.3 Å². The Morgan fingerprint density at radius 2 is 1.27 bits per heavy atom. The Morgan fingerprint density at radius 3 is 1.82 bits per heavy atom. The van der Waals surface area contributed by atoms with Crippen LogP contribution in [0.4, 0.5) is 0 Å². The van der Waals surface area contributed by atoms with E-state index in [9.17, 15) is 0 Å². The quantitative estimate of drug-likeness (QED) is 0.503. The second-order valence-electron chi connectivity index (χ2n) is 7.37. The number of rotatable bonds is 12. The van der Waals surface area contributed by atoms with Crippen LogP contribution < -0.4 is 0 Å². The summed E-state index contributed by atoms with van der Waals surface area (Å²) in [5.41, 5.74) is 0. The standard InChI is InChI=1S/C19H40N2O/c1-18(2)21-15-13-20(14-16-21)12-10-8-6-5-7-9-11-17-22-19(3)4/h18-19H,5-17H2,1-4H3. The molecule has 0 aliphatic carbocycles. The molecule has 0 aromatic heterocycles. The van der Waals surface area contributed by atoms with Crippen molar-refractivity contribution in [2.45, 2.75) is 84.8 Å². The molecule has 0 N–H and O–H groups in total. The van der Waals surface area contributed by atoms with Crippen LogP contribution >= 0.6 is 0 Å². The normalized spacial score (nSPS) is 17.7. The molecule has 0 radical (unpaired) electrons. The van der Waals surface area contributed by atoms with Crippen LogP contribution in [0.3, 0.4) is 0 Å². The van der Waals surface area contributed by atoms with E-state index < -0.39 is 0 Å². The van der Waals surface area contributed by atoms with Crippen molar-refractivity contribution >= 4 is 0 Å². The van der Waals surface area contributed by atoms with Crippen LogP contribution in [0.2, 0.25) is 0 Å². The Labute approximate surface area is 139 Å². The van der Waals surface area contributed by atoms with Crippen LogP contribution in [0.25, 0.3) is 0 Å². The maximum absolute atomic E-state index is 5.57. The summed E-state index contributed by atoms with van der Waals surface area (Å²) >= 11 is 0. The first-order chi connectivity index (χ1) is 10.6. The number of ether oxygens (including phenoxy) is 1. The van der Waals surface area contributed by atoms with Crippen LogP contribution in [0, 0.1) is 0 Å². The molecule has 1 rings (SSSR count). The molecule has 1 aliphatic heterocycles. The summed E-state index contributed by atoms with van der Waals surface area (Å²) in [4.78, 5) is 5.25. The molecule has 132 valence electrons. The first kappa shape index (κ1) is 19.9. The first-order valence-electron chi connectivity index (χ1n) is 9.67. The van der Waals surface area contributed by atoms with Crippen molar-refractivity contribution in [3.63, 3.8) is 0 Å². The van der Waals surface area contributed by atoms with Gasteiger partial charge in [0.25, 0.3) is 0 Å². The van der Waals surface area contributed by atoms with Crippen LogP contribution in [0.15, 0.2) is 0 Å². The number of hydrogen-bond acceptors (Lipinski definition) is 3. The molecule has 1 fully saturated rings. The zero-order valence-corrected chi connectivity index (χ0v) is 15.6. The predicted molar refractivity (Wildman–Crippen MR) is 96.6 cm³/mol. The Bertz CT molecular complexity index is 248. The highest BCUT2D eigenvalue weighted by atomic mass is 16.5. The molecule has 22 heavy (non-hydrogen) atoms. The van der Waals surface area contributed by atoms with Gasteiger partial charge in [-0.25, -0.2) is 0 Å². The Morgan fingerprint density at radius 1 is 0.727 bits per heavy atom. The van der Waals surface area contributed by atoms with Gasteiger partial charge in [0.2, 0.25) is 0 Å². The number of piperazine rings is 1. The van der Waals surface area contributed by atoms with Crippen molar-refractivity contribution in [1.29, 1.82) is 0 Å². The molecule has 0 aromatic carbocycles. The smallest absolute Gasteiger partial charge is 0.0518 e. The maximum Gasteiger partial charge on any atom is 0.0518 e. The van der Waals surface area contributed by atoms with Gasteiger partial charge in [-0.15, -0.1) is 0 Å². The molecule has 0 unspecified atom stereocenters. The third kappa shape index (κ3) is 9.81. The van der Waals surface area contributed by atoms with Gasteiger partial charge in [-0.2, -0.15) is 0 Å². The minimum atomic E-state index is 0.391. The molecule has 1 heterocycles. The van der Waals surface area contributed by atoms with Gasteiger partial charge in [-0.3, -0.25) is 4.90 Å². The molecule has 0 saturated carbocycles. The molecular weight excluding hydrogens is 272 g/mol. The van der Waals surface area contributed by atoms with Gasteiger partial charge in [0.1, 0.15) is 0 Å². The largest absolute Gasteiger partial charge is 0.379 e. The lowest BCUT2D eigenvalue weighted by molar-refractivity contribution is 0.0756. The van der Waals surface area contributed by atoms with Crippen molar-refractivity contribution in [1.82, 2.24) is 9.80 Å².